The highest BCUT2D eigenvalue weighted by atomic mass is 14.4. The van der Waals surface area contributed by atoms with E-state index >= 15 is 0 Å². The predicted octanol–water partition coefficient (Wildman–Crippen LogP) is 42.0. The Bertz CT molecular complexity index is 10800. The first kappa shape index (κ1) is 86.7. The second-order valence-electron chi connectivity index (χ2n) is 41.0. The van der Waals surface area contributed by atoms with E-state index in [1.54, 1.807) is 0 Å². The Kier molecular flexibility index (Phi) is 20.5. The minimum absolute atomic E-state index is 0.0746. The zero-order valence-electron chi connectivity index (χ0n) is 82.5. The SMILES string of the molecule is CC1(C)c2ccccc2-c2ccc(-c3c4ccccc4c(-c4ccc5ccccc5c4)c4ccc(-c5ccc6ccccc6c5)cc34)cc21.c1ccc2cc(-c3ccc4c(-c5cc6ccccc6c6ccccc56)c5ccccc5c(-c5ccc6ccccc6c5)c4c3)ccc2c1.c1ccc2cc(-c3ccc4c(-c5ccc6ccccc6c5)c5ccccc5c(-c5ccc6c7ccccc7c7ccccc7c6c5)c4c3)ccc2c1. The summed E-state index contributed by atoms with van der Waals surface area (Å²) in [5.74, 6) is 0. The van der Waals surface area contributed by atoms with Crippen LogP contribution in [0.5, 0.6) is 0 Å². The lowest BCUT2D eigenvalue weighted by Gasteiger charge is -2.23. The number of hydrogen-bond acceptors (Lipinski definition) is 0. The van der Waals surface area contributed by atoms with Crippen LogP contribution in [-0.4, -0.2) is 0 Å². The van der Waals surface area contributed by atoms with Crippen molar-refractivity contribution in [3.63, 3.8) is 0 Å². The van der Waals surface area contributed by atoms with Crippen molar-refractivity contribution >= 4 is 183 Å². The van der Waals surface area contributed by atoms with Gasteiger partial charge in [0.2, 0.25) is 0 Å². The molecule has 0 nitrogen and oxygen atoms in total. The molecule has 0 amide bonds. The van der Waals surface area contributed by atoms with Gasteiger partial charge in [0.25, 0.3) is 0 Å². The van der Waals surface area contributed by atoms with E-state index in [1.165, 1.54) is 306 Å². The molecule has 0 fully saturated rings. The first-order chi connectivity index (χ1) is 73.6. The van der Waals surface area contributed by atoms with Gasteiger partial charge in [0.1, 0.15) is 0 Å². The van der Waals surface area contributed by atoms with E-state index < -0.39 is 0 Å². The van der Waals surface area contributed by atoms with Crippen molar-refractivity contribution in [3.8, 4) is 111 Å². The smallest absolute Gasteiger partial charge is 0.0159 e. The van der Waals surface area contributed by atoms with E-state index in [2.05, 4.69) is 560 Å². The molecule has 149 heavy (non-hydrogen) atoms. The van der Waals surface area contributed by atoms with Crippen molar-refractivity contribution < 1.29 is 0 Å². The number of rotatable bonds is 9. The molecule has 30 aromatic rings. The molecule has 0 aromatic heterocycles. The summed E-state index contributed by atoms with van der Waals surface area (Å²) >= 11 is 0. The van der Waals surface area contributed by atoms with Gasteiger partial charge in [-0.2, -0.15) is 0 Å². The highest BCUT2D eigenvalue weighted by Crippen LogP contribution is 2.56. The first-order valence-electron chi connectivity index (χ1n) is 52.0. The monoisotopic (exact) mass is 1880 g/mol. The lowest BCUT2D eigenvalue weighted by molar-refractivity contribution is 0.660. The highest BCUT2D eigenvalue weighted by Gasteiger charge is 2.36. The van der Waals surface area contributed by atoms with Crippen LogP contribution >= 0.6 is 0 Å². The zero-order chi connectivity index (χ0) is 98.5. The quantitative estimate of drug-likeness (QED) is 0.0998. The molecule has 31 rings (SSSR count). The summed E-state index contributed by atoms with van der Waals surface area (Å²) in [5, 5.41) is 43.2. The number of hydrogen-bond donors (Lipinski definition) is 0. The molecule has 30 aromatic carbocycles. The fraction of sp³-hybridized carbons (Fsp3) is 0.0201. The van der Waals surface area contributed by atoms with Crippen molar-refractivity contribution in [3.05, 3.63) is 557 Å². The molecule has 0 aliphatic heterocycles. The Morgan fingerprint density at radius 3 is 0.691 bits per heavy atom. The molecule has 1 aliphatic carbocycles. The van der Waals surface area contributed by atoms with Gasteiger partial charge in [-0.25, -0.2) is 0 Å². The standard InChI is InChI=1S/C52H32.C49H34.C48H30/c1-3-13-35-29-37(23-21-33(35)11-1)38-25-28-48-50(31-38)52(47-20-10-9-19-46(47)51(48)39-24-22-34-12-2-4-14-36(34)30-39)40-26-27-45-43-17-6-5-15-41(43)42-16-7-8-18-44(42)49(45)32-40;1-49(2)45-18-10-9-15-39(45)40-25-24-38(30-46(40)49)48-42-17-8-7-16-41(42)47(37-22-20-32-12-4-6-14-34(32)28-37)43-26-23-36(29-44(43)48)35-21-19-31-11-3-5-13-33(31)27-35;1-3-13-33-27-35(23-21-31(33)11-1)36-25-26-44-46(29-36)47(38-24-22-32-12-2-4-14-34(32)28-38)42-19-9-10-20-43(42)48(44)45-30-37-15-5-6-16-39(37)40-17-7-8-18-41(40)45/h1-32H;3-30H,1-2H3;1-30H. The molecular weight excluding hydrogens is 1790 g/mol. The van der Waals surface area contributed by atoms with E-state index in [9.17, 15) is 0 Å². The first-order valence-corrected chi connectivity index (χ1v) is 52.0. The predicted molar refractivity (Wildman–Crippen MR) is 643 cm³/mol. The topological polar surface area (TPSA) is 0 Å². The molecule has 0 saturated carbocycles. The minimum Gasteiger partial charge on any atom is -0.0619 e. The van der Waals surface area contributed by atoms with Crippen LogP contribution in [0.1, 0.15) is 25.0 Å². The molecule has 1 aliphatic rings. The van der Waals surface area contributed by atoms with Gasteiger partial charge in [-0.3, -0.25) is 0 Å². The van der Waals surface area contributed by atoms with Gasteiger partial charge in [-0.1, -0.05) is 487 Å². The molecule has 0 spiro atoms. The van der Waals surface area contributed by atoms with Crippen LogP contribution in [0, 0.1) is 0 Å². The van der Waals surface area contributed by atoms with Gasteiger partial charge >= 0.3 is 0 Å². The Morgan fingerprint density at radius 2 is 0.309 bits per heavy atom. The lowest BCUT2D eigenvalue weighted by atomic mass is 9.80. The lowest BCUT2D eigenvalue weighted by Crippen LogP contribution is -2.14. The largest absolute Gasteiger partial charge is 0.0619 e. The zero-order valence-corrected chi connectivity index (χ0v) is 82.5. The van der Waals surface area contributed by atoms with Crippen molar-refractivity contribution in [2.24, 2.45) is 0 Å². The van der Waals surface area contributed by atoms with Crippen LogP contribution < -0.4 is 0 Å². The second kappa shape index (κ2) is 35.2. The maximum Gasteiger partial charge on any atom is 0.0159 e. The summed E-state index contributed by atoms with van der Waals surface area (Å²) in [6.45, 7) is 4.75. The average Bonchev–Trinajstić information content (AvgIpc) is 1.72. The molecule has 0 atom stereocenters. The van der Waals surface area contributed by atoms with E-state index in [1.807, 2.05) is 0 Å². The van der Waals surface area contributed by atoms with Gasteiger partial charge in [0, 0.05) is 5.41 Å². The van der Waals surface area contributed by atoms with Gasteiger partial charge in [-0.15, -0.1) is 0 Å². The van der Waals surface area contributed by atoms with E-state index in [4.69, 9.17) is 0 Å². The third kappa shape index (κ3) is 14.6. The molecule has 0 heterocycles. The van der Waals surface area contributed by atoms with Crippen LogP contribution in [0.15, 0.2) is 546 Å². The summed E-state index contributed by atoms with van der Waals surface area (Å²) in [6.07, 6.45) is 0. The molecular formula is C149H96. The minimum atomic E-state index is -0.0746. The van der Waals surface area contributed by atoms with Gasteiger partial charge in [0.05, 0.1) is 0 Å². The Labute approximate surface area is 864 Å². The molecule has 0 unspecified atom stereocenters. The third-order valence-corrected chi connectivity index (χ3v) is 32.4. The maximum atomic E-state index is 2.48. The second-order valence-corrected chi connectivity index (χ2v) is 41.0. The number of fused-ring (bicyclic) bond motifs is 24. The van der Waals surface area contributed by atoms with Crippen LogP contribution in [0.2, 0.25) is 0 Å². The third-order valence-electron chi connectivity index (χ3n) is 32.4. The average molecular weight is 1890 g/mol. The van der Waals surface area contributed by atoms with Crippen molar-refractivity contribution in [2.45, 2.75) is 19.3 Å². The molecule has 0 bridgehead atoms. The summed E-state index contributed by atoms with van der Waals surface area (Å²) < 4.78 is 0. The van der Waals surface area contributed by atoms with Crippen molar-refractivity contribution in [1.82, 2.24) is 0 Å². The normalized spacial score (nSPS) is 12.3. The fourth-order valence-electron chi connectivity index (χ4n) is 25.2. The van der Waals surface area contributed by atoms with Gasteiger partial charge < -0.3 is 0 Å². The van der Waals surface area contributed by atoms with Gasteiger partial charge in [0.15, 0.2) is 0 Å². The Hall–Kier alpha value is -19.0. The summed E-state index contributed by atoms with van der Waals surface area (Å²) in [7, 11) is 0. The van der Waals surface area contributed by atoms with Crippen molar-refractivity contribution in [1.29, 1.82) is 0 Å². The summed E-state index contributed by atoms with van der Waals surface area (Å²) in [6, 6.07) is 203. The summed E-state index contributed by atoms with van der Waals surface area (Å²) in [5.41, 5.74) is 28.0. The van der Waals surface area contributed by atoms with Gasteiger partial charge in [-0.05, 0) is 378 Å². The highest BCUT2D eigenvalue weighted by molar-refractivity contribution is 6.31. The fourth-order valence-corrected chi connectivity index (χ4v) is 25.2. The van der Waals surface area contributed by atoms with Crippen molar-refractivity contribution in [2.75, 3.05) is 0 Å². The molecule has 0 saturated heterocycles. The maximum absolute atomic E-state index is 2.48. The molecule has 692 valence electrons. The van der Waals surface area contributed by atoms with Crippen LogP contribution in [0.25, 0.3) is 294 Å². The van der Waals surface area contributed by atoms with Crippen LogP contribution in [-0.2, 0) is 5.41 Å². The molecule has 0 radical (unpaired) electrons. The van der Waals surface area contributed by atoms with Crippen LogP contribution in [0.4, 0.5) is 0 Å². The molecule has 0 N–H and O–H groups in total. The Morgan fingerprint density at radius 1 is 0.101 bits per heavy atom. The summed E-state index contributed by atoms with van der Waals surface area (Å²) in [4.78, 5) is 0. The van der Waals surface area contributed by atoms with E-state index in [-0.39, 0.29) is 5.41 Å². The molecule has 0 heteroatoms. The van der Waals surface area contributed by atoms with E-state index in [0.29, 0.717) is 0 Å². The number of benzene rings is 30. The van der Waals surface area contributed by atoms with E-state index in [0.717, 1.165) is 0 Å². The van der Waals surface area contributed by atoms with Crippen LogP contribution in [0.3, 0.4) is 0 Å². The Balaban J connectivity index is 0.000000105.